The summed E-state index contributed by atoms with van der Waals surface area (Å²) in [5.74, 6) is -1.12. The zero-order chi connectivity index (χ0) is 22.5. The molecule has 0 saturated carbocycles. The highest BCUT2D eigenvalue weighted by molar-refractivity contribution is 6.46. The van der Waals surface area contributed by atoms with Crippen molar-refractivity contribution in [3.63, 3.8) is 0 Å². The maximum Gasteiger partial charge on any atom is 0.295 e. The van der Waals surface area contributed by atoms with Crippen molar-refractivity contribution in [3.8, 4) is 11.5 Å². The average Bonchev–Trinajstić information content (AvgIpc) is 2.99. The number of hydrogen-bond donors (Lipinski definition) is 2. The molecule has 0 radical (unpaired) electrons. The molecular weight excluding hydrogens is 398 g/mol. The van der Waals surface area contributed by atoms with Crippen molar-refractivity contribution >= 4 is 17.4 Å². The molecule has 164 valence electrons. The fourth-order valence-electron chi connectivity index (χ4n) is 3.56. The first-order valence-electron chi connectivity index (χ1n) is 10.3. The molecule has 7 heteroatoms. The largest absolute Gasteiger partial charge is 0.508 e. The SMILES string of the molecule is CCOc1cccc(/C(O)=C2/C(=O)C(=O)N(CCOC(C)C)C2c2ccc(O)cc2)c1. The number of aliphatic hydroxyl groups is 1. The number of aromatic hydroxyl groups is 1. The first kappa shape index (κ1) is 22.4. The molecule has 0 spiro atoms. The third-order valence-corrected chi connectivity index (χ3v) is 4.95. The molecule has 1 aliphatic rings. The standard InChI is InChI=1S/C24H27NO6/c1-4-30-19-7-5-6-17(14-19)22(27)20-21(16-8-10-18(26)11-9-16)25(24(29)23(20)28)12-13-31-15(2)3/h5-11,14-15,21,26-27H,4,12-13H2,1-3H3/b22-20-. The van der Waals surface area contributed by atoms with Gasteiger partial charge in [-0.15, -0.1) is 0 Å². The molecule has 0 aliphatic carbocycles. The number of nitrogens with zero attached hydrogens (tertiary/aromatic N) is 1. The summed E-state index contributed by atoms with van der Waals surface area (Å²) in [5.41, 5.74) is 0.976. The molecule has 2 N–H and O–H groups in total. The van der Waals surface area contributed by atoms with Crippen LogP contribution in [0.15, 0.2) is 54.1 Å². The van der Waals surface area contributed by atoms with E-state index in [0.29, 0.717) is 23.5 Å². The van der Waals surface area contributed by atoms with Crippen LogP contribution in [0, 0.1) is 0 Å². The van der Waals surface area contributed by atoms with Gasteiger partial charge >= 0.3 is 0 Å². The third-order valence-electron chi connectivity index (χ3n) is 4.95. The minimum absolute atomic E-state index is 0.00566. The molecule has 1 fully saturated rings. The predicted octanol–water partition coefficient (Wildman–Crippen LogP) is 3.64. The number of benzene rings is 2. The number of Topliss-reactive ketones (excluding diaryl/α,β-unsaturated/α-hetero) is 1. The Kier molecular flexibility index (Phi) is 6.97. The number of carbonyl (C=O) groups is 2. The molecule has 2 aromatic carbocycles. The van der Waals surface area contributed by atoms with Gasteiger partial charge in [0.2, 0.25) is 0 Å². The van der Waals surface area contributed by atoms with Gasteiger partial charge in [0.15, 0.2) is 0 Å². The van der Waals surface area contributed by atoms with E-state index in [1.54, 1.807) is 36.4 Å². The van der Waals surface area contributed by atoms with E-state index >= 15 is 0 Å². The smallest absolute Gasteiger partial charge is 0.295 e. The van der Waals surface area contributed by atoms with Crippen molar-refractivity contribution < 1.29 is 29.3 Å². The van der Waals surface area contributed by atoms with Gasteiger partial charge in [-0.05, 0) is 50.6 Å². The number of hydrogen-bond acceptors (Lipinski definition) is 6. The molecule has 7 nitrogen and oxygen atoms in total. The Bertz CT molecular complexity index is 980. The molecule has 0 bridgehead atoms. The fourth-order valence-corrected chi connectivity index (χ4v) is 3.56. The molecule has 1 aliphatic heterocycles. The molecular formula is C24H27NO6. The van der Waals surface area contributed by atoms with Crippen molar-refractivity contribution in [2.75, 3.05) is 19.8 Å². The number of phenols is 1. The lowest BCUT2D eigenvalue weighted by Crippen LogP contribution is -2.33. The van der Waals surface area contributed by atoms with E-state index in [2.05, 4.69) is 0 Å². The van der Waals surface area contributed by atoms with E-state index < -0.39 is 17.7 Å². The third kappa shape index (κ3) is 4.88. The summed E-state index contributed by atoms with van der Waals surface area (Å²) in [5, 5.41) is 20.7. The van der Waals surface area contributed by atoms with Gasteiger partial charge in [-0.2, -0.15) is 0 Å². The molecule has 1 atom stereocenters. The van der Waals surface area contributed by atoms with Crippen molar-refractivity contribution in [1.82, 2.24) is 4.90 Å². The quantitative estimate of drug-likeness (QED) is 0.381. The molecule has 1 amide bonds. The van der Waals surface area contributed by atoms with Crippen LogP contribution in [0.5, 0.6) is 11.5 Å². The highest BCUT2D eigenvalue weighted by Crippen LogP contribution is 2.40. The Morgan fingerprint density at radius 1 is 1.13 bits per heavy atom. The number of carbonyl (C=O) groups excluding carboxylic acids is 2. The highest BCUT2D eigenvalue weighted by atomic mass is 16.5. The van der Waals surface area contributed by atoms with E-state index in [1.165, 1.54) is 17.0 Å². The van der Waals surface area contributed by atoms with Crippen LogP contribution in [0.1, 0.15) is 37.9 Å². The maximum atomic E-state index is 13.0. The highest BCUT2D eigenvalue weighted by Gasteiger charge is 2.45. The maximum absolute atomic E-state index is 13.0. The number of amides is 1. The monoisotopic (exact) mass is 425 g/mol. The van der Waals surface area contributed by atoms with Crippen LogP contribution < -0.4 is 4.74 Å². The Hall–Kier alpha value is -3.32. The summed E-state index contributed by atoms with van der Waals surface area (Å²) in [6, 6.07) is 12.2. The van der Waals surface area contributed by atoms with Gasteiger partial charge in [-0.25, -0.2) is 0 Å². The lowest BCUT2D eigenvalue weighted by Gasteiger charge is -2.25. The van der Waals surface area contributed by atoms with E-state index in [9.17, 15) is 19.8 Å². The van der Waals surface area contributed by atoms with Crippen LogP contribution >= 0.6 is 0 Å². The van der Waals surface area contributed by atoms with Gasteiger partial charge in [0, 0.05) is 12.1 Å². The molecule has 31 heavy (non-hydrogen) atoms. The number of aliphatic hydroxyl groups excluding tert-OH is 1. The molecule has 1 heterocycles. The van der Waals surface area contributed by atoms with Crippen molar-refractivity contribution in [3.05, 3.63) is 65.2 Å². The van der Waals surface area contributed by atoms with Crippen LogP contribution in [0.2, 0.25) is 0 Å². The van der Waals surface area contributed by atoms with Crippen molar-refractivity contribution in [1.29, 1.82) is 0 Å². The minimum atomic E-state index is -0.799. The van der Waals surface area contributed by atoms with E-state index in [4.69, 9.17) is 9.47 Å². The van der Waals surface area contributed by atoms with Crippen LogP contribution in [0.4, 0.5) is 0 Å². The van der Waals surface area contributed by atoms with Gasteiger partial charge in [-0.1, -0.05) is 24.3 Å². The summed E-state index contributed by atoms with van der Waals surface area (Å²) in [6.07, 6.45) is -0.0229. The summed E-state index contributed by atoms with van der Waals surface area (Å²) >= 11 is 0. The van der Waals surface area contributed by atoms with Crippen molar-refractivity contribution in [2.24, 2.45) is 0 Å². The molecule has 1 saturated heterocycles. The Labute approximate surface area is 181 Å². The Morgan fingerprint density at radius 3 is 2.48 bits per heavy atom. The Morgan fingerprint density at radius 2 is 1.84 bits per heavy atom. The van der Waals surface area contributed by atoms with Crippen LogP contribution in [0.3, 0.4) is 0 Å². The zero-order valence-corrected chi connectivity index (χ0v) is 17.9. The second-order valence-electron chi connectivity index (χ2n) is 7.46. The second kappa shape index (κ2) is 9.66. The topological polar surface area (TPSA) is 96.3 Å². The predicted molar refractivity (Wildman–Crippen MR) is 116 cm³/mol. The number of likely N-dealkylation sites (tertiary alicyclic amines) is 1. The zero-order valence-electron chi connectivity index (χ0n) is 17.9. The molecule has 2 aromatic rings. The van der Waals surface area contributed by atoms with Crippen LogP contribution in [0.25, 0.3) is 5.76 Å². The van der Waals surface area contributed by atoms with Gasteiger partial charge in [0.1, 0.15) is 17.3 Å². The lowest BCUT2D eigenvalue weighted by molar-refractivity contribution is -0.140. The number of rotatable bonds is 8. The first-order chi connectivity index (χ1) is 14.8. The van der Waals surface area contributed by atoms with Crippen LogP contribution in [-0.4, -0.2) is 52.7 Å². The van der Waals surface area contributed by atoms with Gasteiger partial charge in [0.05, 0.1) is 30.9 Å². The minimum Gasteiger partial charge on any atom is -0.508 e. The average molecular weight is 425 g/mol. The summed E-state index contributed by atoms with van der Waals surface area (Å²) in [7, 11) is 0. The summed E-state index contributed by atoms with van der Waals surface area (Å²) < 4.78 is 11.1. The summed E-state index contributed by atoms with van der Waals surface area (Å²) in [6.45, 7) is 6.51. The van der Waals surface area contributed by atoms with Gasteiger partial charge < -0.3 is 24.6 Å². The van der Waals surface area contributed by atoms with Gasteiger partial charge in [-0.3, -0.25) is 9.59 Å². The fraction of sp³-hybridized carbons (Fsp3) is 0.333. The number of phenolic OH excluding ortho intramolecular Hbond substituents is 1. The van der Waals surface area contributed by atoms with E-state index in [1.807, 2.05) is 20.8 Å². The number of ether oxygens (including phenoxy) is 2. The van der Waals surface area contributed by atoms with Gasteiger partial charge in [0.25, 0.3) is 11.7 Å². The van der Waals surface area contributed by atoms with E-state index in [-0.39, 0.29) is 36.3 Å². The number of ketones is 1. The normalized spacial score (nSPS) is 18.1. The van der Waals surface area contributed by atoms with Crippen LogP contribution in [-0.2, 0) is 14.3 Å². The molecule has 3 rings (SSSR count). The first-order valence-corrected chi connectivity index (χ1v) is 10.3. The second-order valence-corrected chi connectivity index (χ2v) is 7.46. The summed E-state index contributed by atoms with van der Waals surface area (Å²) in [4.78, 5) is 27.2. The van der Waals surface area contributed by atoms with Crippen molar-refractivity contribution in [2.45, 2.75) is 32.9 Å². The lowest BCUT2D eigenvalue weighted by atomic mass is 9.95. The Balaban J connectivity index is 2.08. The van der Waals surface area contributed by atoms with E-state index in [0.717, 1.165) is 0 Å². The molecule has 0 aromatic heterocycles. The molecule has 1 unspecified atom stereocenters.